The predicted octanol–water partition coefficient (Wildman–Crippen LogP) is 1.36. The lowest BCUT2D eigenvalue weighted by molar-refractivity contribution is -0.149. The quantitative estimate of drug-likeness (QED) is 0.826. The Morgan fingerprint density at radius 3 is 2.95 bits per heavy atom. The third-order valence-corrected chi connectivity index (χ3v) is 4.17. The third-order valence-electron chi connectivity index (χ3n) is 3.71. The number of piperidine rings is 1. The molecule has 0 aliphatic carbocycles. The van der Waals surface area contributed by atoms with E-state index in [4.69, 9.17) is 10.5 Å². The molecule has 1 atom stereocenters. The van der Waals surface area contributed by atoms with Gasteiger partial charge in [0.05, 0.1) is 19.2 Å². The maximum absolute atomic E-state index is 12.1. The lowest BCUT2D eigenvalue weighted by Gasteiger charge is -2.29. The Balaban J connectivity index is 1.91. The van der Waals surface area contributed by atoms with E-state index in [1.807, 2.05) is 12.1 Å². The maximum Gasteiger partial charge on any atom is 0.246 e. The van der Waals surface area contributed by atoms with Gasteiger partial charge >= 0.3 is 0 Å². The minimum Gasteiger partial charge on any atom is -0.493 e. The zero-order chi connectivity index (χ0) is 14.3. The Labute approximate surface area is 125 Å². The Morgan fingerprint density at radius 2 is 2.15 bits per heavy atom. The fourth-order valence-electron chi connectivity index (χ4n) is 2.66. The highest BCUT2D eigenvalue weighted by molar-refractivity contribution is 9.10. The summed E-state index contributed by atoms with van der Waals surface area (Å²) in [6.07, 6.45) is 1.61. The molecule has 0 aromatic heterocycles. The second kappa shape index (κ2) is 5.18. The van der Waals surface area contributed by atoms with Crippen LogP contribution in [0.5, 0.6) is 5.75 Å². The molecule has 1 aromatic rings. The third kappa shape index (κ3) is 2.33. The molecule has 2 amide bonds. The molecule has 2 aliphatic heterocycles. The standard InChI is InChI=1S/C14H15BrN2O3/c15-10-5-8-3-4-20-13(8)9(6-10)7-17-12(18)2-1-11(16)14(17)19/h5-6,11H,1-4,7,16H2. The van der Waals surface area contributed by atoms with Crippen LogP contribution in [0.1, 0.15) is 24.0 Å². The first-order chi connectivity index (χ1) is 9.56. The van der Waals surface area contributed by atoms with Crippen LogP contribution in [0.15, 0.2) is 16.6 Å². The zero-order valence-corrected chi connectivity index (χ0v) is 12.5. The molecule has 0 saturated carbocycles. The summed E-state index contributed by atoms with van der Waals surface area (Å²) in [5.74, 6) is 0.337. The van der Waals surface area contributed by atoms with Gasteiger partial charge in [-0.05, 0) is 24.1 Å². The lowest BCUT2D eigenvalue weighted by atomic mass is 10.0. The van der Waals surface area contributed by atoms with Crippen molar-refractivity contribution in [3.8, 4) is 5.75 Å². The number of nitrogens with zero attached hydrogens (tertiary/aromatic N) is 1. The molecule has 2 N–H and O–H groups in total. The summed E-state index contributed by atoms with van der Waals surface area (Å²) in [5.41, 5.74) is 7.70. The topological polar surface area (TPSA) is 72.6 Å². The normalized spacial score (nSPS) is 21.9. The minimum atomic E-state index is -0.575. The molecule has 1 aromatic carbocycles. The second-order valence-corrected chi connectivity index (χ2v) is 6.03. The van der Waals surface area contributed by atoms with E-state index in [1.165, 1.54) is 4.90 Å². The van der Waals surface area contributed by atoms with Gasteiger partial charge in [-0.2, -0.15) is 0 Å². The molecule has 2 heterocycles. The molecule has 20 heavy (non-hydrogen) atoms. The van der Waals surface area contributed by atoms with Gasteiger partial charge in [0.1, 0.15) is 5.75 Å². The molecule has 0 radical (unpaired) electrons. The van der Waals surface area contributed by atoms with Crippen molar-refractivity contribution in [2.45, 2.75) is 31.8 Å². The van der Waals surface area contributed by atoms with Crippen molar-refractivity contribution in [3.05, 3.63) is 27.7 Å². The summed E-state index contributed by atoms with van der Waals surface area (Å²) in [4.78, 5) is 25.2. The van der Waals surface area contributed by atoms with Gasteiger partial charge in [0.15, 0.2) is 0 Å². The van der Waals surface area contributed by atoms with E-state index in [9.17, 15) is 9.59 Å². The van der Waals surface area contributed by atoms with Gasteiger partial charge in [0, 0.05) is 22.9 Å². The van der Waals surface area contributed by atoms with Crippen LogP contribution in [-0.2, 0) is 22.6 Å². The van der Waals surface area contributed by atoms with Gasteiger partial charge in [-0.25, -0.2) is 0 Å². The first-order valence-corrected chi connectivity index (χ1v) is 7.39. The highest BCUT2D eigenvalue weighted by atomic mass is 79.9. The molecule has 3 rings (SSSR count). The number of carbonyl (C=O) groups excluding carboxylic acids is 2. The van der Waals surface area contributed by atoms with Crippen LogP contribution in [0.2, 0.25) is 0 Å². The molecule has 1 fully saturated rings. The molecule has 0 bridgehead atoms. The summed E-state index contributed by atoms with van der Waals surface area (Å²) in [7, 11) is 0. The lowest BCUT2D eigenvalue weighted by Crippen LogP contribution is -2.50. The van der Waals surface area contributed by atoms with E-state index in [-0.39, 0.29) is 18.4 Å². The molecular formula is C14H15BrN2O3. The molecule has 2 aliphatic rings. The number of imide groups is 1. The van der Waals surface area contributed by atoms with Crippen LogP contribution < -0.4 is 10.5 Å². The van der Waals surface area contributed by atoms with E-state index in [1.54, 1.807) is 0 Å². The van der Waals surface area contributed by atoms with Gasteiger partial charge in [-0.15, -0.1) is 0 Å². The Kier molecular flexibility index (Phi) is 3.52. The predicted molar refractivity (Wildman–Crippen MR) is 76.1 cm³/mol. The maximum atomic E-state index is 12.1. The Bertz CT molecular complexity index is 588. The molecule has 1 unspecified atom stereocenters. The molecule has 6 heteroatoms. The summed E-state index contributed by atoms with van der Waals surface area (Å²) >= 11 is 3.45. The van der Waals surface area contributed by atoms with Crippen molar-refractivity contribution in [2.24, 2.45) is 5.73 Å². The Hall–Kier alpha value is -1.40. The van der Waals surface area contributed by atoms with Gasteiger partial charge in [0.25, 0.3) is 0 Å². The van der Waals surface area contributed by atoms with E-state index in [0.29, 0.717) is 19.4 Å². The number of likely N-dealkylation sites (tertiary alicyclic amines) is 1. The number of hydrogen-bond acceptors (Lipinski definition) is 4. The first-order valence-electron chi connectivity index (χ1n) is 6.60. The van der Waals surface area contributed by atoms with Crippen molar-refractivity contribution in [1.29, 1.82) is 0 Å². The van der Waals surface area contributed by atoms with E-state index >= 15 is 0 Å². The number of carbonyl (C=O) groups is 2. The summed E-state index contributed by atoms with van der Waals surface area (Å²) < 4.78 is 6.55. The average molecular weight is 339 g/mol. The van der Waals surface area contributed by atoms with Crippen molar-refractivity contribution >= 4 is 27.7 Å². The summed E-state index contributed by atoms with van der Waals surface area (Å²) in [6.45, 7) is 0.868. The largest absolute Gasteiger partial charge is 0.493 e. The molecule has 1 saturated heterocycles. The van der Waals surface area contributed by atoms with Gasteiger partial charge < -0.3 is 10.5 Å². The molecule has 5 nitrogen and oxygen atoms in total. The van der Waals surface area contributed by atoms with Crippen molar-refractivity contribution in [3.63, 3.8) is 0 Å². The zero-order valence-electron chi connectivity index (χ0n) is 10.9. The first kappa shape index (κ1) is 13.6. The van der Waals surface area contributed by atoms with E-state index in [0.717, 1.165) is 27.8 Å². The summed E-state index contributed by atoms with van der Waals surface area (Å²) in [6, 6.07) is 3.33. The van der Waals surface area contributed by atoms with Crippen molar-refractivity contribution < 1.29 is 14.3 Å². The number of benzene rings is 1. The average Bonchev–Trinajstić information content (AvgIpc) is 2.87. The second-order valence-electron chi connectivity index (χ2n) is 5.11. The number of ether oxygens (including phenoxy) is 1. The minimum absolute atomic E-state index is 0.163. The van der Waals surface area contributed by atoms with Gasteiger partial charge in [-0.3, -0.25) is 14.5 Å². The van der Waals surface area contributed by atoms with Gasteiger partial charge in [0.2, 0.25) is 11.8 Å². The van der Waals surface area contributed by atoms with E-state index < -0.39 is 6.04 Å². The highest BCUT2D eigenvalue weighted by Gasteiger charge is 2.33. The number of nitrogens with two attached hydrogens (primary N) is 1. The number of rotatable bonds is 2. The monoisotopic (exact) mass is 338 g/mol. The SMILES string of the molecule is NC1CCC(=O)N(Cc2cc(Br)cc3c2OCC3)C1=O. The molecule has 106 valence electrons. The highest BCUT2D eigenvalue weighted by Crippen LogP contribution is 2.34. The van der Waals surface area contributed by atoms with Crippen LogP contribution in [0.25, 0.3) is 0 Å². The number of amides is 2. The van der Waals surface area contributed by atoms with Crippen molar-refractivity contribution in [2.75, 3.05) is 6.61 Å². The smallest absolute Gasteiger partial charge is 0.246 e. The van der Waals surface area contributed by atoms with Crippen LogP contribution in [-0.4, -0.2) is 29.4 Å². The molecule has 0 spiro atoms. The number of hydrogen-bond donors (Lipinski definition) is 1. The van der Waals surface area contributed by atoms with Crippen LogP contribution >= 0.6 is 15.9 Å². The number of halogens is 1. The van der Waals surface area contributed by atoms with Crippen LogP contribution in [0.3, 0.4) is 0 Å². The van der Waals surface area contributed by atoms with Crippen molar-refractivity contribution in [1.82, 2.24) is 4.90 Å². The fraction of sp³-hybridized carbons (Fsp3) is 0.429. The Morgan fingerprint density at radius 1 is 1.35 bits per heavy atom. The fourth-order valence-corrected chi connectivity index (χ4v) is 3.21. The summed E-state index contributed by atoms with van der Waals surface area (Å²) in [5, 5.41) is 0. The molecular weight excluding hydrogens is 324 g/mol. The van der Waals surface area contributed by atoms with Gasteiger partial charge in [-0.1, -0.05) is 15.9 Å². The number of fused-ring (bicyclic) bond motifs is 1. The van der Waals surface area contributed by atoms with Crippen LogP contribution in [0, 0.1) is 0 Å². The van der Waals surface area contributed by atoms with Crippen LogP contribution in [0.4, 0.5) is 0 Å². The van der Waals surface area contributed by atoms with E-state index in [2.05, 4.69) is 15.9 Å².